The molecule has 0 saturated heterocycles. The van der Waals surface area contributed by atoms with Gasteiger partial charge in [0.1, 0.15) is 0 Å². The standard InChI is InChI=1S/C14H22BrN3O/c1-9-5-11(6-10(2)14(9)15)17-12(8-16)7-13(19)18(3)4/h5-6,12,17H,7-8,16H2,1-4H3. The van der Waals surface area contributed by atoms with Gasteiger partial charge in [-0.2, -0.15) is 0 Å². The molecular formula is C14H22BrN3O. The molecule has 4 nitrogen and oxygen atoms in total. The molecule has 3 N–H and O–H groups in total. The lowest BCUT2D eigenvalue weighted by molar-refractivity contribution is -0.128. The molecule has 0 aromatic heterocycles. The van der Waals surface area contributed by atoms with E-state index in [-0.39, 0.29) is 11.9 Å². The summed E-state index contributed by atoms with van der Waals surface area (Å²) in [7, 11) is 3.51. The van der Waals surface area contributed by atoms with Crippen molar-refractivity contribution in [3.63, 3.8) is 0 Å². The fraction of sp³-hybridized carbons (Fsp3) is 0.500. The highest BCUT2D eigenvalue weighted by molar-refractivity contribution is 9.10. The number of nitrogens with one attached hydrogen (secondary N) is 1. The monoisotopic (exact) mass is 327 g/mol. The molecule has 1 amide bonds. The van der Waals surface area contributed by atoms with Crippen LogP contribution in [-0.4, -0.2) is 37.5 Å². The Bertz CT molecular complexity index is 437. The Balaban J connectivity index is 2.79. The molecule has 0 spiro atoms. The molecule has 0 aliphatic carbocycles. The van der Waals surface area contributed by atoms with Crippen LogP contribution in [-0.2, 0) is 4.79 Å². The molecule has 1 aromatic rings. The van der Waals surface area contributed by atoms with Crippen LogP contribution in [0, 0.1) is 13.8 Å². The normalized spacial score (nSPS) is 12.1. The van der Waals surface area contributed by atoms with Crippen LogP contribution in [0.1, 0.15) is 17.5 Å². The van der Waals surface area contributed by atoms with Gasteiger partial charge >= 0.3 is 0 Å². The van der Waals surface area contributed by atoms with Crippen LogP contribution in [0.25, 0.3) is 0 Å². The summed E-state index contributed by atoms with van der Waals surface area (Å²) < 4.78 is 1.12. The number of benzene rings is 1. The number of rotatable bonds is 5. The van der Waals surface area contributed by atoms with Gasteiger partial charge in [0, 0.05) is 43.3 Å². The fourth-order valence-electron chi connectivity index (χ4n) is 1.85. The Kier molecular flexibility index (Phi) is 5.82. The van der Waals surface area contributed by atoms with Crippen LogP contribution < -0.4 is 11.1 Å². The van der Waals surface area contributed by atoms with E-state index in [1.807, 2.05) is 13.8 Å². The molecule has 0 aliphatic heterocycles. The quantitative estimate of drug-likeness (QED) is 0.872. The van der Waals surface area contributed by atoms with E-state index in [1.54, 1.807) is 19.0 Å². The molecule has 0 fully saturated rings. The van der Waals surface area contributed by atoms with Crippen molar-refractivity contribution in [1.82, 2.24) is 4.90 Å². The molecule has 0 saturated carbocycles. The van der Waals surface area contributed by atoms with Crippen molar-refractivity contribution in [3.05, 3.63) is 27.7 Å². The third kappa shape index (κ3) is 4.51. The number of nitrogens with two attached hydrogens (primary N) is 1. The fourth-order valence-corrected chi connectivity index (χ4v) is 2.08. The summed E-state index contributed by atoms with van der Waals surface area (Å²) in [6.07, 6.45) is 0.400. The molecule has 1 unspecified atom stereocenters. The third-order valence-electron chi connectivity index (χ3n) is 3.01. The number of hydrogen-bond acceptors (Lipinski definition) is 3. The summed E-state index contributed by atoms with van der Waals surface area (Å²) >= 11 is 3.54. The smallest absolute Gasteiger partial charge is 0.224 e. The largest absolute Gasteiger partial charge is 0.381 e. The van der Waals surface area contributed by atoms with Gasteiger partial charge in [-0.3, -0.25) is 4.79 Å². The highest BCUT2D eigenvalue weighted by Gasteiger charge is 2.14. The van der Waals surface area contributed by atoms with Crippen molar-refractivity contribution in [2.75, 3.05) is 26.0 Å². The highest BCUT2D eigenvalue weighted by Crippen LogP contribution is 2.25. The van der Waals surface area contributed by atoms with Crippen molar-refractivity contribution < 1.29 is 4.79 Å². The first-order valence-electron chi connectivity index (χ1n) is 6.28. The van der Waals surface area contributed by atoms with Gasteiger partial charge in [-0.25, -0.2) is 0 Å². The summed E-state index contributed by atoms with van der Waals surface area (Å²) in [6, 6.07) is 4.06. The van der Waals surface area contributed by atoms with Gasteiger partial charge in [0.15, 0.2) is 0 Å². The molecule has 1 aromatic carbocycles. The summed E-state index contributed by atoms with van der Waals surface area (Å²) in [5, 5.41) is 3.33. The SMILES string of the molecule is Cc1cc(NC(CN)CC(=O)N(C)C)cc(C)c1Br. The minimum atomic E-state index is -0.0464. The van der Waals surface area contributed by atoms with E-state index < -0.39 is 0 Å². The average molecular weight is 328 g/mol. The molecule has 0 radical (unpaired) electrons. The van der Waals surface area contributed by atoms with E-state index in [9.17, 15) is 4.79 Å². The maximum absolute atomic E-state index is 11.7. The van der Waals surface area contributed by atoms with Gasteiger partial charge in [0.05, 0.1) is 0 Å². The van der Waals surface area contributed by atoms with E-state index in [0.29, 0.717) is 13.0 Å². The number of anilines is 1. The molecule has 0 heterocycles. The average Bonchev–Trinajstić information content (AvgIpc) is 2.34. The summed E-state index contributed by atoms with van der Waals surface area (Å²) in [6.45, 7) is 4.52. The zero-order chi connectivity index (χ0) is 14.6. The molecule has 5 heteroatoms. The van der Waals surface area contributed by atoms with Crippen molar-refractivity contribution in [2.24, 2.45) is 5.73 Å². The maximum atomic E-state index is 11.7. The zero-order valence-corrected chi connectivity index (χ0v) is 13.5. The maximum Gasteiger partial charge on any atom is 0.224 e. The molecule has 19 heavy (non-hydrogen) atoms. The number of aryl methyl sites for hydroxylation is 2. The predicted octanol–water partition coefficient (Wildman–Crippen LogP) is 2.28. The first-order valence-corrected chi connectivity index (χ1v) is 7.08. The van der Waals surface area contributed by atoms with Gasteiger partial charge in [0.25, 0.3) is 0 Å². The summed E-state index contributed by atoms with van der Waals surface area (Å²) in [5.74, 6) is 0.0773. The first-order chi connectivity index (χ1) is 8.85. The minimum Gasteiger partial charge on any atom is -0.381 e. The van der Waals surface area contributed by atoms with Crippen LogP contribution in [0.15, 0.2) is 16.6 Å². The number of carbonyl (C=O) groups excluding carboxylic acids is 1. The van der Waals surface area contributed by atoms with Crippen molar-refractivity contribution in [3.8, 4) is 0 Å². The predicted molar refractivity (Wildman–Crippen MR) is 83.4 cm³/mol. The second kappa shape index (κ2) is 6.91. The van der Waals surface area contributed by atoms with Crippen LogP contribution in [0.2, 0.25) is 0 Å². The lowest BCUT2D eigenvalue weighted by Crippen LogP contribution is -2.35. The first kappa shape index (κ1) is 16.0. The summed E-state index contributed by atoms with van der Waals surface area (Å²) in [4.78, 5) is 13.3. The lowest BCUT2D eigenvalue weighted by atomic mass is 10.1. The topological polar surface area (TPSA) is 58.4 Å². The van der Waals surface area contributed by atoms with Crippen LogP contribution in [0.5, 0.6) is 0 Å². The molecule has 1 rings (SSSR count). The Hall–Kier alpha value is -1.07. The van der Waals surface area contributed by atoms with Gasteiger partial charge in [-0.05, 0) is 37.1 Å². The number of nitrogens with zero attached hydrogens (tertiary/aromatic N) is 1. The number of hydrogen-bond donors (Lipinski definition) is 2. The molecule has 0 aliphatic rings. The zero-order valence-electron chi connectivity index (χ0n) is 12.0. The van der Waals surface area contributed by atoms with Gasteiger partial charge < -0.3 is 16.0 Å². The number of carbonyl (C=O) groups is 1. The van der Waals surface area contributed by atoms with E-state index in [0.717, 1.165) is 21.3 Å². The Morgan fingerprint density at radius 3 is 2.32 bits per heavy atom. The van der Waals surface area contributed by atoms with Gasteiger partial charge in [0.2, 0.25) is 5.91 Å². The molecule has 1 atom stereocenters. The number of halogens is 1. The Labute approximate surface area is 123 Å². The van der Waals surface area contributed by atoms with Crippen molar-refractivity contribution in [1.29, 1.82) is 0 Å². The second-order valence-corrected chi connectivity index (χ2v) is 5.79. The molecular weight excluding hydrogens is 306 g/mol. The summed E-state index contributed by atoms with van der Waals surface area (Å²) in [5.41, 5.74) is 9.06. The molecule has 106 valence electrons. The van der Waals surface area contributed by atoms with Crippen LogP contribution in [0.3, 0.4) is 0 Å². The Morgan fingerprint density at radius 1 is 1.37 bits per heavy atom. The van der Waals surface area contributed by atoms with Crippen molar-refractivity contribution >= 4 is 27.5 Å². The van der Waals surface area contributed by atoms with E-state index in [4.69, 9.17) is 5.73 Å². The lowest BCUT2D eigenvalue weighted by Gasteiger charge is -2.21. The third-order valence-corrected chi connectivity index (χ3v) is 4.26. The second-order valence-electron chi connectivity index (χ2n) is 4.99. The van der Waals surface area contributed by atoms with E-state index >= 15 is 0 Å². The van der Waals surface area contributed by atoms with Gasteiger partial charge in [-0.1, -0.05) is 15.9 Å². The van der Waals surface area contributed by atoms with Gasteiger partial charge in [-0.15, -0.1) is 0 Å². The Morgan fingerprint density at radius 2 is 1.89 bits per heavy atom. The van der Waals surface area contributed by atoms with E-state index in [2.05, 4.69) is 33.4 Å². The highest BCUT2D eigenvalue weighted by atomic mass is 79.9. The van der Waals surface area contributed by atoms with Crippen LogP contribution >= 0.6 is 15.9 Å². The minimum absolute atomic E-state index is 0.0464. The van der Waals surface area contributed by atoms with Crippen LogP contribution in [0.4, 0.5) is 5.69 Å². The van der Waals surface area contributed by atoms with E-state index in [1.165, 1.54) is 0 Å². The molecule has 0 bridgehead atoms. The van der Waals surface area contributed by atoms with Crippen molar-refractivity contribution in [2.45, 2.75) is 26.3 Å². The number of amides is 1.